The molecule has 0 saturated carbocycles. The zero-order chi connectivity index (χ0) is 12.5. The van der Waals surface area contributed by atoms with E-state index in [2.05, 4.69) is 0 Å². The average Bonchev–Trinajstić information content (AvgIpc) is 1.75. The van der Waals surface area contributed by atoms with Gasteiger partial charge in [-0.1, -0.05) is 0 Å². The second-order valence-corrected chi connectivity index (χ2v) is 17.5. The molecule has 0 aliphatic heterocycles. The molecule has 0 radical (unpaired) electrons. The molecule has 0 fully saturated rings. The van der Waals surface area contributed by atoms with Crippen molar-refractivity contribution in [1.82, 2.24) is 0 Å². The lowest BCUT2D eigenvalue weighted by atomic mass is 10.8. The highest BCUT2D eigenvalue weighted by Gasteiger charge is 2.39. The van der Waals surface area contributed by atoms with Crippen LogP contribution in [0.15, 0.2) is 0 Å². The van der Waals surface area contributed by atoms with Gasteiger partial charge in [0.1, 0.15) is 5.78 Å². The molecule has 0 aliphatic rings. The van der Waals surface area contributed by atoms with Crippen LogP contribution in [0.3, 0.4) is 0 Å². The number of nitrogens with two attached hydrogens (primary N) is 1. The highest BCUT2D eigenvalue weighted by Crippen LogP contribution is 2.55. The van der Waals surface area contributed by atoms with Crippen LogP contribution >= 0.6 is 7.60 Å². The van der Waals surface area contributed by atoms with Crippen LogP contribution in [0.1, 0.15) is 6.92 Å². The van der Waals surface area contributed by atoms with Crippen molar-refractivity contribution in [3.63, 3.8) is 0 Å². The quantitative estimate of drug-likeness (QED) is 0.615. The molecular weight excluding hydrogens is 245 g/mol. The Labute approximate surface area is 95.3 Å². The average molecular weight is 269 g/mol. The monoisotopic (exact) mass is 269 g/mol. The number of hydrogen-bond donors (Lipinski definition) is 1. The lowest BCUT2D eigenvalue weighted by Gasteiger charge is -2.32. The summed E-state index contributed by atoms with van der Waals surface area (Å²) in [7, 11) is -6.94. The fraction of sp³-hybridized carbons (Fsp3) is 1.00. The molecule has 0 aromatic heterocycles. The van der Waals surface area contributed by atoms with Gasteiger partial charge in [0.15, 0.2) is 16.6 Å². The Bertz CT molecular complexity index is 238. The molecule has 7 heteroatoms. The van der Waals surface area contributed by atoms with E-state index in [-0.39, 0.29) is 0 Å². The lowest BCUT2D eigenvalue weighted by Crippen LogP contribution is -2.34. The first-order valence-corrected chi connectivity index (χ1v) is 13.6. The van der Waals surface area contributed by atoms with E-state index in [4.69, 9.17) is 14.2 Å². The Kier molecular flexibility index (Phi) is 4.99. The maximum Gasteiger partial charge on any atom is 0.327 e. The summed E-state index contributed by atoms with van der Waals surface area (Å²) in [6.07, 6.45) is 0. The summed E-state index contributed by atoms with van der Waals surface area (Å²) in [5, 5.41) is 0. The molecule has 0 aromatic rings. The summed E-state index contributed by atoms with van der Waals surface area (Å²) >= 11 is 0. The van der Waals surface area contributed by atoms with Gasteiger partial charge in [0.25, 0.3) is 0 Å². The van der Waals surface area contributed by atoms with E-state index >= 15 is 0 Å². The first-order valence-electron chi connectivity index (χ1n) is 5.12. The zero-order valence-electron chi connectivity index (χ0n) is 10.8. The van der Waals surface area contributed by atoms with Crippen molar-refractivity contribution < 1.29 is 13.0 Å². The third kappa shape index (κ3) is 6.65. The van der Waals surface area contributed by atoms with Gasteiger partial charge < -0.3 is 14.2 Å². The second kappa shape index (κ2) is 4.81. The summed E-state index contributed by atoms with van der Waals surface area (Å²) in [5.41, 5.74) is 5.72. The Morgan fingerprint density at radius 3 is 1.40 bits per heavy atom. The van der Waals surface area contributed by atoms with E-state index in [0.717, 1.165) is 0 Å². The minimum Gasteiger partial charge on any atom is -0.351 e. The first kappa shape index (κ1) is 15.5. The molecule has 1 atom stereocenters. The van der Waals surface area contributed by atoms with Crippen molar-refractivity contribution in [3.05, 3.63) is 0 Å². The lowest BCUT2D eigenvalue weighted by molar-refractivity contribution is 0.372. The largest absolute Gasteiger partial charge is 0.351 e. The molecule has 0 heterocycles. The van der Waals surface area contributed by atoms with Crippen LogP contribution in [-0.4, -0.2) is 22.4 Å². The Morgan fingerprint density at radius 2 is 1.27 bits per heavy atom. The van der Waals surface area contributed by atoms with Gasteiger partial charge in [0.2, 0.25) is 0 Å². The van der Waals surface area contributed by atoms with Gasteiger partial charge in [-0.05, 0) is 46.2 Å². The fourth-order valence-corrected chi connectivity index (χ4v) is 8.87. The van der Waals surface area contributed by atoms with Gasteiger partial charge in [0.05, 0.1) is 0 Å². The van der Waals surface area contributed by atoms with E-state index < -0.39 is 30.0 Å². The molecule has 15 heavy (non-hydrogen) atoms. The van der Waals surface area contributed by atoms with Crippen molar-refractivity contribution in [3.8, 4) is 0 Å². The fourth-order valence-electron chi connectivity index (χ4n) is 0.948. The molecule has 0 spiro atoms. The highest BCUT2D eigenvalue weighted by atomic mass is 31.2. The van der Waals surface area contributed by atoms with Gasteiger partial charge in [-0.3, -0.25) is 4.57 Å². The predicted molar refractivity (Wildman–Crippen MR) is 70.1 cm³/mol. The van der Waals surface area contributed by atoms with Gasteiger partial charge >= 0.3 is 7.60 Å². The van der Waals surface area contributed by atoms with E-state index in [1.807, 2.05) is 39.3 Å². The molecule has 0 bridgehead atoms. The number of rotatable bonds is 5. The molecular formula is C8H24NO3PSi2. The Hall–Kier alpha value is 0.544. The van der Waals surface area contributed by atoms with Crippen LogP contribution < -0.4 is 5.73 Å². The molecule has 0 amide bonds. The molecule has 4 nitrogen and oxygen atoms in total. The summed E-state index contributed by atoms with van der Waals surface area (Å²) in [5.74, 6) is -0.559. The standard InChI is InChI=1S/C8H24NO3PSi2/c1-8(9)13(10,11-14(2,3)4)12-15(5,6)7/h8H,9H2,1-7H3. The Morgan fingerprint density at radius 1 is 1.00 bits per heavy atom. The molecule has 92 valence electrons. The van der Waals surface area contributed by atoms with E-state index in [9.17, 15) is 4.57 Å². The van der Waals surface area contributed by atoms with Gasteiger partial charge in [-0.2, -0.15) is 0 Å². The molecule has 0 aliphatic carbocycles. The van der Waals surface area contributed by atoms with Crippen LogP contribution in [-0.2, 0) is 13.0 Å². The van der Waals surface area contributed by atoms with E-state index in [0.29, 0.717) is 0 Å². The third-order valence-corrected chi connectivity index (χ3v) is 8.72. The van der Waals surface area contributed by atoms with Crippen molar-refractivity contribution in [2.45, 2.75) is 52.0 Å². The van der Waals surface area contributed by atoms with Crippen LogP contribution in [0.4, 0.5) is 0 Å². The van der Waals surface area contributed by atoms with Crippen molar-refractivity contribution in [2.75, 3.05) is 0 Å². The minimum absolute atomic E-state index is 0.559. The molecule has 1 unspecified atom stereocenters. The van der Waals surface area contributed by atoms with Gasteiger partial charge in [-0.25, -0.2) is 0 Å². The van der Waals surface area contributed by atoms with E-state index in [1.165, 1.54) is 0 Å². The van der Waals surface area contributed by atoms with Crippen LogP contribution in [0.5, 0.6) is 0 Å². The minimum atomic E-state index is -3.13. The van der Waals surface area contributed by atoms with Crippen LogP contribution in [0.25, 0.3) is 0 Å². The molecule has 0 rings (SSSR count). The van der Waals surface area contributed by atoms with Crippen molar-refractivity contribution in [1.29, 1.82) is 0 Å². The predicted octanol–water partition coefficient (Wildman–Crippen LogP) is 3.19. The van der Waals surface area contributed by atoms with Gasteiger partial charge in [0, 0.05) is 0 Å². The second-order valence-electron chi connectivity index (χ2n) is 5.69. The molecule has 2 N–H and O–H groups in total. The normalized spacial score (nSPS) is 16.5. The van der Waals surface area contributed by atoms with Crippen LogP contribution in [0.2, 0.25) is 39.3 Å². The van der Waals surface area contributed by atoms with Crippen molar-refractivity contribution >= 4 is 24.2 Å². The topological polar surface area (TPSA) is 61.6 Å². The summed E-state index contributed by atoms with van der Waals surface area (Å²) in [6, 6.07) is 0. The van der Waals surface area contributed by atoms with Gasteiger partial charge in [-0.15, -0.1) is 0 Å². The Balaban J connectivity index is 4.86. The molecule has 0 aromatic carbocycles. The highest BCUT2D eigenvalue weighted by molar-refractivity contribution is 7.57. The van der Waals surface area contributed by atoms with Crippen molar-refractivity contribution in [2.24, 2.45) is 5.73 Å². The van der Waals surface area contributed by atoms with E-state index in [1.54, 1.807) is 6.92 Å². The maximum absolute atomic E-state index is 12.4. The third-order valence-electron chi connectivity index (χ3n) is 1.30. The first-order chi connectivity index (χ1) is 6.36. The van der Waals surface area contributed by atoms with Crippen LogP contribution in [0, 0.1) is 0 Å². The summed E-state index contributed by atoms with van der Waals surface area (Å²) < 4.78 is 23.7. The SMILES string of the molecule is CC(N)P(=O)(O[Si](C)(C)C)O[Si](C)(C)C. The smallest absolute Gasteiger partial charge is 0.327 e. The summed E-state index contributed by atoms with van der Waals surface area (Å²) in [4.78, 5) is 0. The number of hydrogen-bond acceptors (Lipinski definition) is 4. The zero-order valence-corrected chi connectivity index (χ0v) is 13.7. The summed E-state index contributed by atoms with van der Waals surface area (Å²) in [6.45, 7) is 13.6. The maximum atomic E-state index is 12.4. The molecule has 0 saturated heterocycles.